The molecule has 7 nitrogen and oxygen atoms in total. The number of nitrogens with two attached hydrogens (primary N) is 1. The Labute approximate surface area is 150 Å². The highest BCUT2D eigenvalue weighted by molar-refractivity contribution is 6.09. The Hall–Kier alpha value is -3.69. The Morgan fingerprint density at radius 3 is 2.44 bits per heavy atom. The van der Waals surface area contributed by atoms with Crippen molar-refractivity contribution in [2.75, 3.05) is 5.32 Å². The summed E-state index contributed by atoms with van der Waals surface area (Å²) in [6.45, 7) is 0. The SMILES string of the molecule is NC(=O)c1c(-c2ccncc2)noc1NC(=O)c1cccc(C(F)(F)F)c1. The van der Waals surface area contributed by atoms with E-state index in [0.717, 1.165) is 12.1 Å². The van der Waals surface area contributed by atoms with Crippen molar-refractivity contribution in [1.82, 2.24) is 10.1 Å². The number of alkyl halides is 3. The van der Waals surface area contributed by atoms with Crippen molar-refractivity contribution >= 4 is 17.7 Å². The van der Waals surface area contributed by atoms with Gasteiger partial charge in [0, 0.05) is 23.5 Å². The predicted octanol–water partition coefficient (Wildman–Crippen LogP) is 3.11. The molecular formula is C17H11F3N4O3. The van der Waals surface area contributed by atoms with Crippen LogP contribution in [-0.2, 0) is 6.18 Å². The fraction of sp³-hybridized carbons (Fsp3) is 0.0588. The van der Waals surface area contributed by atoms with Gasteiger partial charge in [-0.2, -0.15) is 13.2 Å². The Morgan fingerprint density at radius 1 is 1.11 bits per heavy atom. The number of primary amides is 1. The maximum atomic E-state index is 12.8. The van der Waals surface area contributed by atoms with Crippen LogP contribution < -0.4 is 11.1 Å². The Kier molecular flexibility index (Phi) is 4.63. The molecule has 0 saturated carbocycles. The first-order valence-electron chi connectivity index (χ1n) is 7.46. The molecule has 3 aromatic rings. The lowest BCUT2D eigenvalue weighted by Crippen LogP contribution is -2.18. The first kappa shape index (κ1) is 18.1. The zero-order valence-corrected chi connectivity index (χ0v) is 13.4. The van der Waals surface area contributed by atoms with E-state index in [1.165, 1.54) is 18.5 Å². The van der Waals surface area contributed by atoms with E-state index in [1.807, 2.05) is 0 Å². The van der Waals surface area contributed by atoms with Gasteiger partial charge in [0.2, 0.25) is 5.88 Å². The van der Waals surface area contributed by atoms with Gasteiger partial charge in [-0.15, -0.1) is 0 Å². The minimum Gasteiger partial charge on any atom is -0.365 e. The van der Waals surface area contributed by atoms with E-state index in [-0.39, 0.29) is 22.7 Å². The van der Waals surface area contributed by atoms with E-state index in [2.05, 4.69) is 15.5 Å². The number of benzene rings is 1. The summed E-state index contributed by atoms with van der Waals surface area (Å²) in [7, 11) is 0. The topological polar surface area (TPSA) is 111 Å². The first-order valence-corrected chi connectivity index (χ1v) is 7.46. The van der Waals surface area contributed by atoms with E-state index in [9.17, 15) is 22.8 Å². The minimum atomic E-state index is -4.60. The third kappa shape index (κ3) is 3.78. The number of hydrogen-bond acceptors (Lipinski definition) is 5. The van der Waals surface area contributed by atoms with Gasteiger partial charge in [0.1, 0.15) is 11.3 Å². The van der Waals surface area contributed by atoms with Crippen molar-refractivity contribution in [2.24, 2.45) is 5.73 Å². The van der Waals surface area contributed by atoms with Crippen LogP contribution in [-0.4, -0.2) is 22.0 Å². The van der Waals surface area contributed by atoms with Crippen LogP contribution in [0.3, 0.4) is 0 Å². The molecule has 10 heteroatoms. The zero-order valence-electron chi connectivity index (χ0n) is 13.4. The van der Waals surface area contributed by atoms with Crippen molar-refractivity contribution in [3.63, 3.8) is 0 Å². The maximum Gasteiger partial charge on any atom is 0.416 e. The summed E-state index contributed by atoms with van der Waals surface area (Å²) >= 11 is 0. The number of nitrogens with one attached hydrogen (secondary N) is 1. The molecule has 0 spiro atoms. The molecule has 138 valence electrons. The summed E-state index contributed by atoms with van der Waals surface area (Å²) in [5, 5.41) is 5.94. The number of hydrogen-bond donors (Lipinski definition) is 2. The van der Waals surface area contributed by atoms with Crippen LogP contribution in [0.1, 0.15) is 26.3 Å². The lowest BCUT2D eigenvalue weighted by Gasteiger charge is -2.08. The largest absolute Gasteiger partial charge is 0.416 e. The molecule has 0 aliphatic rings. The fourth-order valence-corrected chi connectivity index (χ4v) is 2.32. The van der Waals surface area contributed by atoms with Gasteiger partial charge in [-0.1, -0.05) is 11.2 Å². The molecule has 2 amide bonds. The van der Waals surface area contributed by atoms with Crippen LogP contribution in [0.25, 0.3) is 11.3 Å². The second-order valence-electron chi connectivity index (χ2n) is 5.37. The van der Waals surface area contributed by atoms with Crippen molar-refractivity contribution < 1.29 is 27.3 Å². The van der Waals surface area contributed by atoms with Gasteiger partial charge < -0.3 is 10.3 Å². The van der Waals surface area contributed by atoms with Crippen LogP contribution in [0.5, 0.6) is 0 Å². The highest BCUT2D eigenvalue weighted by Gasteiger charge is 2.31. The normalized spacial score (nSPS) is 11.2. The van der Waals surface area contributed by atoms with Crippen molar-refractivity contribution in [3.8, 4) is 11.3 Å². The number of amides is 2. The standard InChI is InChI=1S/C17H11F3N4O3/c18-17(19,20)11-3-1-2-10(8-11)15(26)23-16-12(14(21)25)13(24-27-16)9-4-6-22-7-5-9/h1-8H,(H2,21,25)(H,23,26). The quantitative estimate of drug-likeness (QED) is 0.727. The lowest BCUT2D eigenvalue weighted by molar-refractivity contribution is -0.137. The van der Waals surface area contributed by atoms with E-state index < -0.39 is 23.6 Å². The van der Waals surface area contributed by atoms with Crippen LogP contribution in [0.4, 0.5) is 19.1 Å². The molecular weight excluding hydrogens is 365 g/mol. The van der Waals surface area contributed by atoms with Crippen LogP contribution in [0.15, 0.2) is 53.3 Å². The second kappa shape index (κ2) is 6.90. The Morgan fingerprint density at radius 2 is 1.81 bits per heavy atom. The summed E-state index contributed by atoms with van der Waals surface area (Å²) in [6.07, 6.45) is -1.69. The van der Waals surface area contributed by atoms with E-state index in [0.29, 0.717) is 11.6 Å². The highest BCUT2D eigenvalue weighted by atomic mass is 19.4. The number of carbonyl (C=O) groups is 2. The van der Waals surface area contributed by atoms with Crippen molar-refractivity contribution in [3.05, 3.63) is 65.5 Å². The van der Waals surface area contributed by atoms with Gasteiger partial charge in [-0.25, -0.2) is 0 Å². The van der Waals surface area contributed by atoms with Gasteiger partial charge in [0.15, 0.2) is 0 Å². The summed E-state index contributed by atoms with van der Waals surface area (Å²) < 4.78 is 43.4. The molecule has 1 aromatic carbocycles. The molecule has 0 aliphatic heterocycles. The first-order chi connectivity index (χ1) is 12.8. The second-order valence-corrected chi connectivity index (χ2v) is 5.37. The van der Waals surface area contributed by atoms with Crippen LogP contribution >= 0.6 is 0 Å². The average Bonchev–Trinajstić information content (AvgIpc) is 3.05. The third-order valence-electron chi connectivity index (χ3n) is 3.57. The molecule has 3 N–H and O–H groups in total. The molecule has 0 aliphatic carbocycles. The van der Waals surface area contributed by atoms with E-state index in [1.54, 1.807) is 12.1 Å². The maximum absolute atomic E-state index is 12.8. The molecule has 27 heavy (non-hydrogen) atoms. The van der Waals surface area contributed by atoms with Gasteiger partial charge in [-0.3, -0.25) is 19.9 Å². The average molecular weight is 376 g/mol. The third-order valence-corrected chi connectivity index (χ3v) is 3.57. The van der Waals surface area contributed by atoms with Gasteiger partial charge >= 0.3 is 6.18 Å². The van der Waals surface area contributed by atoms with Crippen LogP contribution in [0, 0.1) is 0 Å². The highest BCUT2D eigenvalue weighted by Crippen LogP contribution is 2.31. The monoisotopic (exact) mass is 376 g/mol. The summed E-state index contributed by atoms with van der Waals surface area (Å²) in [6, 6.07) is 6.89. The Balaban J connectivity index is 1.94. The van der Waals surface area contributed by atoms with Gasteiger partial charge in [0.25, 0.3) is 11.8 Å². The number of carbonyl (C=O) groups excluding carboxylic acids is 2. The molecule has 3 rings (SSSR count). The summed E-state index contributed by atoms with van der Waals surface area (Å²) in [4.78, 5) is 27.9. The molecule has 0 fully saturated rings. The molecule has 2 aromatic heterocycles. The summed E-state index contributed by atoms with van der Waals surface area (Å²) in [5.74, 6) is -2.21. The number of rotatable bonds is 4. The van der Waals surface area contributed by atoms with Crippen molar-refractivity contribution in [1.29, 1.82) is 0 Å². The minimum absolute atomic E-state index is 0.0734. The number of pyridine rings is 1. The fourth-order valence-electron chi connectivity index (χ4n) is 2.32. The van der Waals surface area contributed by atoms with E-state index >= 15 is 0 Å². The van der Waals surface area contributed by atoms with Crippen molar-refractivity contribution in [2.45, 2.75) is 6.18 Å². The number of nitrogens with zero attached hydrogens (tertiary/aromatic N) is 2. The summed E-state index contributed by atoms with van der Waals surface area (Å²) in [5.41, 5.74) is 4.40. The van der Waals surface area contributed by atoms with E-state index in [4.69, 9.17) is 10.3 Å². The van der Waals surface area contributed by atoms with Crippen LogP contribution in [0.2, 0.25) is 0 Å². The van der Waals surface area contributed by atoms with Gasteiger partial charge in [0.05, 0.1) is 5.56 Å². The zero-order chi connectivity index (χ0) is 19.6. The molecule has 0 atom stereocenters. The number of halogens is 3. The molecule has 0 saturated heterocycles. The molecule has 0 radical (unpaired) electrons. The van der Waals surface area contributed by atoms with Gasteiger partial charge in [-0.05, 0) is 30.3 Å². The smallest absolute Gasteiger partial charge is 0.365 e. The molecule has 2 heterocycles. The Bertz CT molecular complexity index is 1000. The molecule has 0 unspecified atom stereocenters. The number of aromatic nitrogens is 2. The number of anilines is 1. The molecule has 0 bridgehead atoms. The predicted molar refractivity (Wildman–Crippen MR) is 87.6 cm³/mol. The lowest BCUT2D eigenvalue weighted by atomic mass is 10.1.